The number of hydrogen-bond donors (Lipinski definition) is 2. The molecule has 0 bridgehead atoms. The van der Waals surface area contributed by atoms with Crippen molar-refractivity contribution in [1.29, 1.82) is 0 Å². The molecule has 0 amide bonds. The number of carboxylic acids is 2. The summed E-state index contributed by atoms with van der Waals surface area (Å²) in [5, 5.41) is 17.0. The van der Waals surface area contributed by atoms with Crippen LogP contribution in [0, 0.1) is 0 Å². The maximum Gasteiger partial charge on any atom is 0.303 e. The van der Waals surface area contributed by atoms with E-state index in [9.17, 15) is 9.59 Å². The molecule has 0 unspecified atom stereocenters. The summed E-state index contributed by atoms with van der Waals surface area (Å²) in [7, 11) is 0. The van der Waals surface area contributed by atoms with Crippen LogP contribution in [0.4, 0.5) is 0 Å². The van der Waals surface area contributed by atoms with Crippen molar-refractivity contribution >= 4 is 11.9 Å². The van der Waals surface area contributed by atoms with E-state index in [2.05, 4.69) is 12.2 Å². The first-order chi connectivity index (χ1) is 10.6. The van der Waals surface area contributed by atoms with Crippen molar-refractivity contribution in [2.45, 2.75) is 89.9 Å². The molecule has 0 spiro atoms. The molecule has 0 heterocycles. The molecule has 2 N–H and O–H groups in total. The maximum absolute atomic E-state index is 10.3. The number of rotatable bonds is 16. The molecule has 128 valence electrons. The normalized spacial score (nSPS) is 11.1. The van der Waals surface area contributed by atoms with E-state index in [1.807, 2.05) is 0 Å². The Morgan fingerprint density at radius 1 is 0.545 bits per heavy atom. The predicted octanol–water partition coefficient (Wildman–Crippen LogP) is 5.17. The third-order valence-electron chi connectivity index (χ3n) is 3.69. The molecule has 0 rings (SSSR count). The molecule has 0 saturated carbocycles. The van der Waals surface area contributed by atoms with E-state index in [0.717, 1.165) is 51.4 Å². The Labute approximate surface area is 134 Å². The van der Waals surface area contributed by atoms with Crippen LogP contribution in [-0.2, 0) is 9.59 Å². The van der Waals surface area contributed by atoms with Gasteiger partial charge in [-0.15, -0.1) is 0 Å². The number of aliphatic carboxylic acids is 2. The fourth-order valence-corrected chi connectivity index (χ4v) is 2.37. The second kappa shape index (κ2) is 16.1. The van der Waals surface area contributed by atoms with Crippen LogP contribution in [-0.4, -0.2) is 22.2 Å². The summed E-state index contributed by atoms with van der Waals surface area (Å²) in [4.78, 5) is 20.7. The lowest BCUT2D eigenvalue weighted by Gasteiger charge is -2.00. The summed E-state index contributed by atoms with van der Waals surface area (Å²) in [5.74, 6) is -1.38. The smallest absolute Gasteiger partial charge is 0.303 e. The van der Waals surface area contributed by atoms with E-state index in [1.165, 1.54) is 25.7 Å². The van der Waals surface area contributed by atoms with Crippen LogP contribution >= 0.6 is 0 Å². The Morgan fingerprint density at radius 2 is 0.864 bits per heavy atom. The van der Waals surface area contributed by atoms with E-state index >= 15 is 0 Å². The van der Waals surface area contributed by atoms with Gasteiger partial charge in [0.15, 0.2) is 0 Å². The van der Waals surface area contributed by atoms with Crippen LogP contribution in [0.2, 0.25) is 0 Å². The van der Waals surface area contributed by atoms with Crippen molar-refractivity contribution in [3.8, 4) is 0 Å². The van der Waals surface area contributed by atoms with Gasteiger partial charge in [0.1, 0.15) is 0 Å². The van der Waals surface area contributed by atoms with Gasteiger partial charge >= 0.3 is 11.9 Å². The Hall–Kier alpha value is -1.32. The van der Waals surface area contributed by atoms with Gasteiger partial charge in [-0.2, -0.15) is 0 Å². The average molecular weight is 312 g/mol. The first-order valence-electron chi connectivity index (χ1n) is 8.71. The Bertz CT molecular complexity index is 310. The van der Waals surface area contributed by atoms with E-state index in [0.29, 0.717) is 12.8 Å². The van der Waals surface area contributed by atoms with Crippen molar-refractivity contribution < 1.29 is 19.8 Å². The summed E-state index contributed by atoms with van der Waals surface area (Å²) in [6.07, 6.45) is 18.1. The van der Waals surface area contributed by atoms with Gasteiger partial charge in [0.05, 0.1) is 0 Å². The number of carboxylic acid groups (broad SMARTS) is 2. The second-order valence-electron chi connectivity index (χ2n) is 5.87. The van der Waals surface area contributed by atoms with Gasteiger partial charge in [0, 0.05) is 12.8 Å². The molecule has 0 radical (unpaired) electrons. The number of carbonyl (C=O) groups is 2. The Kier molecular flexibility index (Phi) is 15.1. The Morgan fingerprint density at radius 3 is 1.27 bits per heavy atom. The molecule has 0 aliphatic rings. The van der Waals surface area contributed by atoms with Crippen molar-refractivity contribution in [2.24, 2.45) is 0 Å². The molecule has 0 aromatic carbocycles. The highest BCUT2D eigenvalue weighted by Gasteiger charge is 1.96. The van der Waals surface area contributed by atoms with Crippen LogP contribution in [0.3, 0.4) is 0 Å². The minimum absolute atomic E-state index is 0.292. The topological polar surface area (TPSA) is 74.6 Å². The molecule has 0 aromatic heterocycles. The molecule has 22 heavy (non-hydrogen) atoms. The van der Waals surface area contributed by atoms with E-state index in [1.54, 1.807) is 0 Å². The van der Waals surface area contributed by atoms with E-state index in [-0.39, 0.29) is 0 Å². The highest BCUT2D eigenvalue weighted by Crippen LogP contribution is 2.10. The third kappa shape index (κ3) is 18.7. The third-order valence-corrected chi connectivity index (χ3v) is 3.69. The van der Waals surface area contributed by atoms with Crippen molar-refractivity contribution in [3.05, 3.63) is 12.2 Å². The summed E-state index contributed by atoms with van der Waals surface area (Å²) < 4.78 is 0. The summed E-state index contributed by atoms with van der Waals surface area (Å²) in [6.45, 7) is 0. The van der Waals surface area contributed by atoms with E-state index in [4.69, 9.17) is 10.2 Å². The maximum atomic E-state index is 10.3. The lowest BCUT2D eigenvalue weighted by atomic mass is 10.1. The second-order valence-corrected chi connectivity index (χ2v) is 5.87. The van der Waals surface area contributed by atoms with Gasteiger partial charge in [0.25, 0.3) is 0 Å². The van der Waals surface area contributed by atoms with Gasteiger partial charge in [-0.25, -0.2) is 0 Å². The molecule has 4 nitrogen and oxygen atoms in total. The van der Waals surface area contributed by atoms with Crippen molar-refractivity contribution in [2.75, 3.05) is 0 Å². The van der Waals surface area contributed by atoms with Gasteiger partial charge in [-0.05, 0) is 38.5 Å². The Balaban J connectivity index is 3.11. The van der Waals surface area contributed by atoms with Gasteiger partial charge < -0.3 is 10.2 Å². The standard InChI is InChI=1S/C18H32O4/c19-17(20)15-13-11-9-7-5-3-1-2-4-6-8-10-12-14-16-18(21)22/h3,5H,1-2,4,6-16H2,(H,19,20)(H,21,22). The molecule has 0 fully saturated rings. The molecule has 0 aromatic rings. The predicted molar refractivity (Wildman–Crippen MR) is 89.0 cm³/mol. The first-order valence-corrected chi connectivity index (χ1v) is 8.71. The zero-order valence-corrected chi connectivity index (χ0v) is 13.8. The average Bonchev–Trinajstić information content (AvgIpc) is 2.46. The monoisotopic (exact) mass is 312 g/mol. The van der Waals surface area contributed by atoms with Crippen molar-refractivity contribution in [3.63, 3.8) is 0 Å². The van der Waals surface area contributed by atoms with Gasteiger partial charge in [0.2, 0.25) is 0 Å². The molecule has 4 heteroatoms. The first kappa shape index (κ1) is 20.7. The minimum atomic E-state index is -0.697. The van der Waals surface area contributed by atoms with Crippen LogP contribution in [0.15, 0.2) is 12.2 Å². The van der Waals surface area contributed by atoms with Crippen LogP contribution in [0.1, 0.15) is 89.9 Å². The zero-order chi connectivity index (χ0) is 16.5. The van der Waals surface area contributed by atoms with Crippen LogP contribution < -0.4 is 0 Å². The molecular weight excluding hydrogens is 280 g/mol. The quantitative estimate of drug-likeness (QED) is 0.304. The molecular formula is C18H32O4. The summed E-state index contributed by atoms with van der Waals surface area (Å²) in [6, 6.07) is 0. The lowest BCUT2D eigenvalue weighted by molar-refractivity contribution is -0.138. The van der Waals surface area contributed by atoms with Crippen LogP contribution in [0.5, 0.6) is 0 Å². The number of unbranched alkanes of at least 4 members (excludes halogenated alkanes) is 10. The summed E-state index contributed by atoms with van der Waals surface area (Å²) in [5.41, 5.74) is 0. The van der Waals surface area contributed by atoms with Gasteiger partial charge in [-0.1, -0.05) is 50.7 Å². The fourth-order valence-electron chi connectivity index (χ4n) is 2.37. The lowest BCUT2D eigenvalue weighted by Crippen LogP contribution is -1.93. The fraction of sp³-hybridized carbons (Fsp3) is 0.778. The SMILES string of the molecule is O=C(O)CCCCCC=CCCCCCCCCCC(=O)O. The molecule has 0 saturated heterocycles. The van der Waals surface area contributed by atoms with Gasteiger partial charge in [-0.3, -0.25) is 9.59 Å². The number of hydrogen-bond acceptors (Lipinski definition) is 2. The molecule has 0 aliphatic heterocycles. The van der Waals surface area contributed by atoms with Crippen LogP contribution in [0.25, 0.3) is 0 Å². The molecule has 0 atom stereocenters. The number of allylic oxidation sites excluding steroid dienone is 2. The minimum Gasteiger partial charge on any atom is -0.481 e. The summed E-state index contributed by atoms with van der Waals surface area (Å²) >= 11 is 0. The highest BCUT2D eigenvalue weighted by molar-refractivity contribution is 5.66. The highest BCUT2D eigenvalue weighted by atomic mass is 16.4. The molecule has 0 aliphatic carbocycles. The van der Waals surface area contributed by atoms with Crippen molar-refractivity contribution in [1.82, 2.24) is 0 Å². The van der Waals surface area contributed by atoms with E-state index < -0.39 is 11.9 Å². The largest absolute Gasteiger partial charge is 0.481 e. The zero-order valence-electron chi connectivity index (χ0n) is 13.8.